The molecule has 1 nitrogen and oxygen atoms in total. The van der Waals surface area contributed by atoms with Gasteiger partial charge in [0.2, 0.25) is 0 Å². The Morgan fingerprint density at radius 3 is 2.10 bits per heavy atom. The van der Waals surface area contributed by atoms with Gasteiger partial charge in [0.1, 0.15) is 0 Å². The first kappa shape index (κ1) is 17.6. The molecule has 0 spiro atoms. The lowest BCUT2D eigenvalue weighted by molar-refractivity contribution is -0.137. The molecule has 1 atom stereocenters. The Morgan fingerprint density at radius 2 is 1.71 bits per heavy atom. The quantitative estimate of drug-likeness (QED) is 0.606. The largest absolute Gasteiger partial charge is 0.416 e. The van der Waals surface area contributed by atoms with E-state index in [-0.39, 0.29) is 5.54 Å². The SMILES string of the molecule is C=C(C)C(CC)(CCCC)Nc1ccc(C(F)(F)F)cc1. The van der Waals surface area contributed by atoms with Crippen LogP contribution in [0.15, 0.2) is 36.4 Å². The first-order valence-electron chi connectivity index (χ1n) is 7.36. The molecule has 0 aliphatic rings. The maximum atomic E-state index is 12.6. The van der Waals surface area contributed by atoms with Crippen LogP contribution in [0, 0.1) is 0 Å². The average Bonchev–Trinajstić information content (AvgIpc) is 2.42. The van der Waals surface area contributed by atoms with Crippen molar-refractivity contribution in [3.63, 3.8) is 0 Å². The lowest BCUT2D eigenvalue weighted by Gasteiger charge is -2.36. The summed E-state index contributed by atoms with van der Waals surface area (Å²) in [5, 5.41) is 3.39. The lowest BCUT2D eigenvalue weighted by atomic mass is 9.83. The molecule has 1 N–H and O–H groups in total. The number of anilines is 1. The first-order valence-corrected chi connectivity index (χ1v) is 7.36. The molecule has 21 heavy (non-hydrogen) atoms. The van der Waals surface area contributed by atoms with Crippen molar-refractivity contribution in [2.75, 3.05) is 5.32 Å². The van der Waals surface area contributed by atoms with Crippen LogP contribution in [0.1, 0.15) is 52.0 Å². The van der Waals surface area contributed by atoms with Crippen molar-refractivity contribution in [3.8, 4) is 0 Å². The summed E-state index contributed by atoms with van der Waals surface area (Å²) in [5.41, 5.74) is 0.830. The molecule has 1 aromatic rings. The zero-order valence-corrected chi connectivity index (χ0v) is 13.0. The highest BCUT2D eigenvalue weighted by Gasteiger charge is 2.31. The Hall–Kier alpha value is -1.45. The maximum absolute atomic E-state index is 12.6. The molecule has 4 heteroatoms. The second-order valence-corrected chi connectivity index (χ2v) is 5.52. The van der Waals surface area contributed by atoms with E-state index in [0.717, 1.165) is 43.4 Å². The molecule has 0 aromatic heterocycles. The summed E-state index contributed by atoms with van der Waals surface area (Å²) in [4.78, 5) is 0. The van der Waals surface area contributed by atoms with Crippen molar-refractivity contribution in [1.29, 1.82) is 0 Å². The first-order chi connectivity index (χ1) is 9.75. The standard InChI is InChI=1S/C17H24F3N/c1-5-7-12-16(6-2,13(3)4)21-15-10-8-14(9-11-15)17(18,19)20/h8-11,21H,3,5-7,12H2,1-2,4H3. The van der Waals surface area contributed by atoms with Crippen LogP contribution < -0.4 is 5.32 Å². The summed E-state index contributed by atoms with van der Waals surface area (Å²) < 4.78 is 37.8. The minimum atomic E-state index is -4.29. The van der Waals surface area contributed by atoms with Gasteiger partial charge in [0, 0.05) is 5.69 Å². The fraction of sp³-hybridized carbons (Fsp3) is 0.529. The van der Waals surface area contributed by atoms with Gasteiger partial charge in [-0.25, -0.2) is 0 Å². The Morgan fingerprint density at radius 1 is 1.14 bits per heavy atom. The van der Waals surface area contributed by atoms with Crippen molar-refractivity contribution >= 4 is 5.69 Å². The van der Waals surface area contributed by atoms with Gasteiger partial charge in [-0.05, 0) is 44.0 Å². The predicted molar refractivity (Wildman–Crippen MR) is 82.4 cm³/mol. The molecular weight excluding hydrogens is 275 g/mol. The van der Waals surface area contributed by atoms with Gasteiger partial charge in [0.15, 0.2) is 0 Å². The molecule has 0 fully saturated rings. The molecule has 0 aliphatic heterocycles. The average molecular weight is 299 g/mol. The third-order valence-electron chi connectivity index (χ3n) is 3.97. The van der Waals surface area contributed by atoms with Gasteiger partial charge >= 0.3 is 6.18 Å². The van der Waals surface area contributed by atoms with E-state index in [4.69, 9.17) is 0 Å². The Kier molecular flexibility index (Phi) is 5.87. The van der Waals surface area contributed by atoms with Crippen molar-refractivity contribution < 1.29 is 13.2 Å². The van der Waals surface area contributed by atoms with Crippen LogP contribution >= 0.6 is 0 Å². The van der Waals surface area contributed by atoms with Crippen LogP contribution in [-0.2, 0) is 6.18 Å². The van der Waals surface area contributed by atoms with Gasteiger partial charge in [-0.3, -0.25) is 0 Å². The highest BCUT2D eigenvalue weighted by atomic mass is 19.4. The molecule has 1 unspecified atom stereocenters. The van der Waals surface area contributed by atoms with Crippen molar-refractivity contribution in [3.05, 3.63) is 42.0 Å². The molecule has 1 aromatic carbocycles. The number of hydrogen-bond acceptors (Lipinski definition) is 1. The van der Waals surface area contributed by atoms with Crippen LogP contribution in [-0.4, -0.2) is 5.54 Å². The van der Waals surface area contributed by atoms with Gasteiger partial charge in [0.05, 0.1) is 11.1 Å². The number of benzene rings is 1. The number of halogens is 3. The Bertz CT molecular complexity index is 462. The Labute approximate surface area is 125 Å². The van der Waals surface area contributed by atoms with Crippen LogP contribution in [0.25, 0.3) is 0 Å². The molecule has 0 saturated heterocycles. The second-order valence-electron chi connectivity index (χ2n) is 5.52. The molecule has 0 amide bonds. The Balaban J connectivity index is 2.96. The fourth-order valence-electron chi connectivity index (χ4n) is 2.45. The van der Waals surface area contributed by atoms with Gasteiger partial charge in [-0.1, -0.05) is 38.8 Å². The van der Waals surface area contributed by atoms with Crippen LogP contribution in [0.3, 0.4) is 0 Å². The summed E-state index contributed by atoms with van der Waals surface area (Å²) in [5.74, 6) is 0. The summed E-state index contributed by atoms with van der Waals surface area (Å²) >= 11 is 0. The summed E-state index contributed by atoms with van der Waals surface area (Å²) in [7, 11) is 0. The molecule has 0 heterocycles. The molecule has 0 saturated carbocycles. The minimum Gasteiger partial charge on any atom is -0.376 e. The minimum absolute atomic E-state index is 0.254. The molecule has 1 rings (SSSR count). The van der Waals surface area contributed by atoms with E-state index in [9.17, 15) is 13.2 Å². The third kappa shape index (κ3) is 4.51. The smallest absolute Gasteiger partial charge is 0.376 e. The van der Waals surface area contributed by atoms with Crippen LogP contribution in [0.2, 0.25) is 0 Å². The number of rotatable bonds is 7. The highest BCUT2D eigenvalue weighted by Crippen LogP contribution is 2.33. The summed E-state index contributed by atoms with van der Waals surface area (Å²) in [6.45, 7) is 10.2. The van der Waals surface area contributed by atoms with Gasteiger partial charge in [-0.2, -0.15) is 13.2 Å². The van der Waals surface area contributed by atoms with E-state index in [1.807, 2.05) is 6.92 Å². The normalized spacial score (nSPS) is 14.6. The van der Waals surface area contributed by atoms with E-state index >= 15 is 0 Å². The van der Waals surface area contributed by atoms with E-state index in [1.54, 1.807) is 0 Å². The topological polar surface area (TPSA) is 12.0 Å². The van der Waals surface area contributed by atoms with Crippen molar-refractivity contribution in [2.45, 2.75) is 58.2 Å². The van der Waals surface area contributed by atoms with Gasteiger partial charge in [0.25, 0.3) is 0 Å². The number of unbranched alkanes of at least 4 members (excludes halogenated alkanes) is 1. The van der Waals surface area contributed by atoms with E-state index in [2.05, 4.69) is 25.7 Å². The van der Waals surface area contributed by atoms with Crippen molar-refractivity contribution in [1.82, 2.24) is 0 Å². The zero-order chi connectivity index (χ0) is 16.1. The van der Waals surface area contributed by atoms with E-state index in [1.165, 1.54) is 12.1 Å². The highest BCUT2D eigenvalue weighted by molar-refractivity contribution is 5.49. The fourth-order valence-corrected chi connectivity index (χ4v) is 2.45. The predicted octanol–water partition coefficient (Wildman–Crippen LogP) is 6.03. The van der Waals surface area contributed by atoms with Crippen LogP contribution in [0.5, 0.6) is 0 Å². The molecule has 0 bridgehead atoms. The molecular formula is C17H24F3N. The monoisotopic (exact) mass is 299 g/mol. The third-order valence-corrected chi connectivity index (χ3v) is 3.97. The molecule has 118 valence electrons. The lowest BCUT2D eigenvalue weighted by Crippen LogP contribution is -2.38. The van der Waals surface area contributed by atoms with Crippen LogP contribution in [0.4, 0.5) is 18.9 Å². The van der Waals surface area contributed by atoms with Gasteiger partial charge < -0.3 is 5.32 Å². The zero-order valence-electron chi connectivity index (χ0n) is 13.0. The maximum Gasteiger partial charge on any atom is 0.416 e. The van der Waals surface area contributed by atoms with E-state index < -0.39 is 11.7 Å². The second kappa shape index (κ2) is 7.01. The summed E-state index contributed by atoms with van der Waals surface area (Å²) in [6.07, 6.45) is -0.394. The van der Waals surface area contributed by atoms with E-state index in [0.29, 0.717) is 5.69 Å². The van der Waals surface area contributed by atoms with Crippen molar-refractivity contribution in [2.24, 2.45) is 0 Å². The molecule has 0 aliphatic carbocycles. The van der Waals surface area contributed by atoms with Gasteiger partial charge in [-0.15, -0.1) is 0 Å². The number of nitrogens with one attached hydrogen (secondary N) is 1. The number of hydrogen-bond donors (Lipinski definition) is 1. The summed E-state index contributed by atoms with van der Waals surface area (Å²) in [6, 6.07) is 5.20. The number of alkyl halides is 3. The molecule has 0 radical (unpaired) electrons.